The molecule has 1 fully saturated rings. The third-order valence-corrected chi connectivity index (χ3v) is 4.35. The molecule has 22 heavy (non-hydrogen) atoms. The first kappa shape index (κ1) is 15.2. The second kappa shape index (κ2) is 5.50. The summed E-state index contributed by atoms with van der Waals surface area (Å²) in [5, 5.41) is 4.67. The van der Waals surface area contributed by atoms with Crippen LogP contribution >= 0.6 is 0 Å². The number of fused-ring (bicyclic) bond motifs is 1. The summed E-state index contributed by atoms with van der Waals surface area (Å²) in [5.74, 6) is 0.738. The molecule has 120 valence electrons. The van der Waals surface area contributed by atoms with Crippen LogP contribution in [0.2, 0.25) is 0 Å². The number of rotatable bonds is 3. The first-order valence-electron chi connectivity index (χ1n) is 7.98. The Kier molecular flexibility index (Phi) is 3.80. The van der Waals surface area contributed by atoms with Crippen molar-refractivity contribution in [2.24, 2.45) is 12.5 Å². The lowest BCUT2D eigenvalue weighted by molar-refractivity contribution is 0.181. The number of aryl methyl sites for hydroxylation is 1. The van der Waals surface area contributed by atoms with Crippen LogP contribution in [0.4, 0.5) is 0 Å². The van der Waals surface area contributed by atoms with E-state index in [4.69, 9.17) is 0 Å². The molecule has 1 aliphatic rings. The highest BCUT2D eigenvalue weighted by molar-refractivity contribution is 5.72. The molecule has 6 heteroatoms. The van der Waals surface area contributed by atoms with Gasteiger partial charge in [-0.25, -0.2) is 4.98 Å². The summed E-state index contributed by atoms with van der Waals surface area (Å²) in [6, 6.07) is 0.576. The fraction of sp³-hybridized carbons (Fsp3) is 0.688. The first-order chi connectivity index (χ1) is 10.3. The molecule has 0 saturated carbocycles. The minimum atomic E-state index is -0.0975. The Labute approximate surface area is 130 Å². The van der Waals surface area contributed by atoms with Crippen LogP contribution in [0.1, 0.15) is 45.9 Å². The van der Waals surface area contributed by atoms with Crippen LogP contribution < -0.4 is 5.56 Å². The monoisotopic (exact) mass is 303 g/mol. The third-order valence-electron chi connectivity index (χ3n) is 4.35. The maximum atomic E-state index is 12.1. The molecule has 0 bridgehead atoms. The van der Waals surface area contributed by atoms with Gasteiger partial charge in [0, 0.05) is 13.1 Å². The minimum Gasteiger partial charge on any atom is -0.309 e. The van der Waals surface area contributed by atoms with Gasteiger partial charge >= 0.3 is 0 Å². The average Bonchev–Trinajstić information content (AvgIpc) is 2.97. The lowest BCUT2D eigenvalue weighted by Crippen LogP contribution is -2.33. The Hall–Kier alpha value is -1.69. The lowest BCUT2D eigenvalue weighted by atomic mass is 9.87. The van der Waals surface area contributed by atoms with E-state index < -0.39 is 0 Å². The molecular weight excluding hydrogens is 278 g/mol. The van der Waals surface area contributed by atoms with Crippen molar-refractivity contribution in [3.63, 3.8) is 0 Å². The van der Waals surface area contributed by atoms with Crippen LogP contribution in [0.3, 0.4) is 0 Å². The van der Waals surface area contributed by atoms with Crippen molar-refractivity contribution in [3.05, 3.63) is 22.4 Å². The number of aromatic nitrogens is 4. The van der Waals surface area contributed by atoms with Crippen molar-refractivity contribution in [1.29, 1.82) is 0 Å². The zero-order chi connectivity index (χ0) is 15.9. The van der Waals surface area contributed by atoms with Gasteiger partial charge in [-0.05, 0) is 31.2 Å². The fourth-order valence-corrected chi connectivity index (χ4v) is 3.39. The first-order valence-corrected chi connectivity index (χ1v) is 7.98. The molecule has 2 aromatic heterocycles. The smallest absolute Gasteiger partial charge is 0.262 e. The molecule has 1 aliphatic heterocycles. The number of hydrogen-bond donors (Lipinski definition) is 1. The van der Waals surface area contributed by atoms with E-state index in [1.807, 2.05) is 7.05 Å². The van der Waals surface area contributed by atoms with Crippen LogP contribution in [0, 0.1) is 5.41 Å². The standard InChI is InChI=1S/C16H25N5O/c1-16(2,3)8-11-6-5-7-21(11)10-13-18-14-12(15(22)19-13)9-17-20(14)4/h9,11H,5-8,10H2,1-4H3,(H,18,19,22)/t11-/m0/s1. The molecule has 0 aromatic carbocycles. The molecule has 2 aromatic rings. The lowest BCUT2D eigenvalue weighted by Gasteiger charge is -2.29. The Morgan fingerprint density at radius 3 is 2.91 bits per heavy atom. The van der Waals surface area contributed by atoms with E-state index in [0.29, 0.717) is 29.0 Å². The molecule has 0 aliphatic carbocycles. The maximum Gasteiger partial charge on any atom is 0.262 e. The van der Waals surface area contributed by atoms with E-state index in [1.165, 1.54) is 19.3 Å². The summed E-state index contributed by atoms with van der Waals surface area (Å²) in [7, 11) is 1.82. The number of H-pyrrole nitrogens is 1. The average molecular weight is 303 g/mol. The van der Waals surface area contributed by atoms with Crippen LogP contribution in [-0.2, 0) is 13.6 Å². The van der Waals surface area contributed by atoms with Crippen molar-refractivity contribution < 1.29 is 0 Å². The van der Waals surface area contributed by atoms with Gasteiger partial charge in [0.1, 0.15) is 11.2 Å². The Morgan fingerprint density at radius 1 is 1.41 bits per heavy atom. The number of hydrogen-bond acceptors (Lipinski definition) is 4. The molecular formula is C16H25N5O. The van der Waals surface area contributed by atoms with Gasteiger partial charge in [0.2, 0.25) is 0 Å². The number of aromatic amines is 1. The van der Waals surface area contributed by atoms with Gasteiger partial charge in [-0.1, -0.05) is 20.8 Å². The highest BCUT2D eigenvalue weighted by Crippen LogP contribution is 2.30. The van der Waals surface area contributed by atoms with Crippen molar-refractivity contribution in [2.75, 3.05) is 6.54 Å². The van der Waals surface area contributed by atoms with Crippen LogP contribution in [0.25, 0.3) is 11.0 Å². The van der Waals surface area contributed by atoms with Gasteiger partial charge in [0.05, 0.1) is 12.7 Å². The quantitative estimate of drug-likeness (QED) is 0.942. The zero-order valence-electron chi connectivity index (χ0n) is 13.9. The summed E-state index contributed by atoms with van der Waals surface area (Å²) < 4.78 is 1.66. The Morgan fingerprint density at radius 2 is 2.18 bits per heavy atom. The molecule has 0 unspecified atom stereocenters. The van der Waals surface area contributed by atoms with E-state index in [-0.39, 0.29) is 5.56 Å². The Balaban J connectivity index is 1.83. The number of likely N-dealkylation sites (tertiary alicyclic amines) is 1. The van der Waals surface area contributed by atoms with Crippen molar-refractivity contribution in [3.8, 4) is 0 Å². The largest absolute Gasteiger partial charge is 0.309 e. The summed E-state index contributed by atoms with van der Waals surface area (Å²) in [6.45, 7) is 8.63. The minimum absolute atomic E-state index is 0.0975. The normalized spacial score (nSPS) is 20.1. The molecule has 1 saturated heterocycles. The van der Waals surface area contributed by atoms with Crippen LogP contribution in [-0.4, -0.2) is 37.2 Å². The van der Waals surface area contributed by atoms with Gasteiger partial charge in [0.15, 0.2) is 5.65 Å². The second-order valence-corrected chi connectivity index (χ2v) is 7.55. The molecule has 0 spiro atoms. The third kappa shape index (κ3) is 3.06. The van der Waals surface area contributed by atoms with E-state index in [1.54, 1.807) is 10.9 Å². The highest BCUT2D eigenvalue weighted by atomic mass is 16.1. The second-order valence-electron chi connectivity index (χ2n) is 7.55. The SMILES string of the molecule is Cn1ncc2c(=O)[nH]c(CN3CCC[C@H]3CC(C)(C)C)nc21. The van der Waals surface area contributed by atoms with E-state index >= 15 is 0 Å². The molecule has 6 nitrogen and oxygen atoms in total. The number of nitrogens with one attached hydrogen (secondary N) is 1. The molecule has 3 heterocycles. The Bertz CT molecular complexity index is 724. The summed E-state index contributed by atoms with van der Waals surface area (Å²) in [4.78, 5) is 22.1. The van der Waals surface area contributed by atoms with Gasteiger partial charge in [-0.2, -0.15) is 5.10 Å². The van der Waals surface area contributed by atoms with Crippen molar-refractivity contribution in [1.82, 2.24) is 24.6 Å². The van der Waals surface area contributed by atoms with Gasteiger partial charge in [0.25, 0.3) is 5.56 Å². The molecule has 0 radical (unpaired) electrons. The molecule has 1 atom stereocenters. The summed E-state index contributed by atoms with van der Waals surface area (Å²) in [6.07, 6.45) is 5.20. The summed E-state index contributed by atoms with van der Waals surface area (Å²) in [5.41, 5.74) is 0.880. The maximum absolute atomic E-state index is 12.1. The van der Waals surface area contributed by atoms with E-state index in [2.05, 4.69) is 40.7 Å². The predicted octanol–water partition coefficient (Wildman–Crippen LogP) is 2.06. The fourth-order valence-electron chi connectivity index (χ4n) is 3.39. The summed E-state index contributed by atoms with van der Waals surface area (Å²) >= 11 is 0. The molecule has 0 amide bonds. The molecule has 3 rings (SSSR count). The van der Waals surface area contributed by atoms with Crippen LogP contribution in [0.5, 0.6) is 0 Å². The molecule has 1 N–H and O–H groups in total. The highest BCUT2D eigenvalue weighted by Gasteiger charge is 2.29. The predicted molar refractivity (Wildman–Crippen MR) is 86.6 cm³/mol. The van der Waals surface area contributed by atoms with Gasteiger partial charge < -0.3 is 4.98 Å². The van der Waals surface area contributed by atoms with E-state index in [0.717, 1.165) is 12.4 Å². The van der Waals surface area contributed by atoms with E-state index in [9.17, 15) is 4.79 Å². The van der Waals surface area contributed by atoms with Gasteiger partial charge in [-0.15, -0.1) is 0 Å². The van der Waals surface area contributed by atoms with Gasteiger partial charge in [-0.3, -0.25) is 14.4 Å². The van der Waals surface area contributed by atoms with Crippen LogP contribution in [0.15, 0.2) is 11.0 Å². The van der Waals surface area contributed by atoms with Crippen molar-refractivity contribution in [2.45, 2.75) is 52.6 Å². The topological polar surface area (TPSA) is 66.8 Å². The number of nitrogens with zero attached hydrogens (tertiary/aromatic N) is 4. The van der Waals surface area contributed by atoms with Crippen molar-refractivity contribution >= 4 is 11.0 Å². The zero-order valence-corrected chi connectivity index (χ0v) is 13.9.